The van der Waals surface area contributed by atoms with Crippen molar-refractivity contribution in [2.45, 2.75) is 19.1 Å². The zero-order valence-electron chi connectivity index (χ0n) is 10.9. The number of furan rings is 1. The Labute approximate surface area is 113 Å². The van der Waals surface area contributed by atoms with Crippen LogP contribution in [0.2, 0.25) is 0 Å². The molecule has 0 aliphatic rings. The lowest BCUT2D eigenvalue weighted by Crippen LogP contribution is -2.19. The van der Waals surface area contributed by atoms with Crippen molar-refractivity contribution in [3.63, 3.8) is 0 Å². The van der Waals surface area contributed by atoms with Gasteiger partial charge in [-0.1, -0.05) is 6.07 Å². The Morgan fingerprint density at radius 2 is 1.90 bits per heavy atom. The van der Waals surface area contributed by atoms with E-state index in [1.54, 1.807) is 20.0 Å². The van der Waals surface area contributed by atoms with Gasteiger partial charge in [0.15, 0.2) is 0 Å². The molecular weight excluding hydrogens is 274 g/mol. The number of aryl methyl sites for hydroxylation is 1. The summed E-state index contributed by atoms with van der Waals surface area (Å²) in [6.07, 6.45) is -3.26. The lowest BCUT2D eigenvalue weighted by atomic mass is 9.97. The van der Waals surface area contributed by atoms with Crippen molar-refractivity contribution in [3.8, 4) is 0 Å². The second kappa shape index (κ2) is 5.28. The first-order valence-corrected chi connectivity index (χ1v) is 5.92. The fourth-order valence-corrected chi connectivity index (χ4v) is 2.14. The lowest BCUT2D eigenvalue weighted by Gasteiger charge is -2.18. The van der Waals surface area contributed by atoms with E-state index in [4.69, 9.17) is 4.42 Å². The summed E-state index contributed by atoms with van der Waals surface area (Å²) in [5, 5.41) is 2.91. The molecule has 0 radical (unpaired) electrons. The largest absolute Gasteiger partial charge is 0.469 e. The number of halogens is 4. The molecule has 0 amide bonds. The molecule has 20 heavy (non-hydrogen) atoms. The Kier molecular flexibility index (Phi) is 3.85. The van der Waals surface area contributed by atoms with E-state index in [1.807, 2.05) is 0 Å². The quantitative estimate of drug-likeness (QED) is 0.861. The smallest absolute Gasteiger partial charge is 0.419 e. The second-order valence-electron chi connectivity index (χ2n) is 4.39. The summed E-state index contributed by atoms with van der Waals surface area (Å²) in [4.78, 5) is 0. The predicted octanol–water partition coefficient (Wildman–Crippen LogP) is 4.05. The van der Waals surface area contributed by atoms with Gasteiger partial charge in [-0.2, -0.15) is 13.2 Å². The third-order valence-electron chi connectivity index (χ3n) is 3.13. The summed E-state index contributed by atoms with van der Waals surface area (Å²) < 4.78 is 56.7. The van der Waals surface area contributed by atoms with Crippen LogP contribution in [0.5, 0.6) is 0 Å². The van der Waals surface area contributed by atoms with Crippen molar-refractivity contribution in [3.05, 3.63) is 58.8 Å². The van der Waals surface area contributed by atoms with Crippen molar-refractivity contribution < 1.29 is 22.0 Å². The summed E-state index contributed by atoms with van der Waals surface area (Å²) in [6.45, 7) is 1.72. The van der Waals surface area contributed by atoms with Crippen molar-refractivity contribution in [2.24, 2.45) is 0 Å². The van der Waals surface area contributed by atoms with Crippen LogP contribution in [0.3, 0.4) is 0 Å². The van der Waals surface area contributed by atoms with Crippen LogP contribution in [0, 0.1) is 12.7 Å². The zero-order valence-corrected chi connectivity index (χ0v) is 10.9. The van der Waals surface area contributed by atoms with Crippen LogP contribution in [0.1, 0.15) is 28.5 Å². The predicted molar refractivity (Wildman–Crippen MR) is 65.7 cm³/mol. The van der Waals surface area contributed by atoms with Gasteiger partial charge in [-0.15, -0.1) is 0 Å². The number of alkyl halides is 3. The minimum atomic E-state index is -4.72. The number of nitrogens with one attached hydrogen (secondary N) is 1. The van der Waals surface area contributed by atoms with Crippen LogP contribution in [0.4, 0.5) is 17.6 Å². The molecule has 1 unspecified atom stereocenters. The van der Waals surface area contributed by atoms with Crippen LogP contribution in [-0.2, 0) is 6.18 Å². The van der Waals surface area contributed by atoms with Gasteiger partial charge < -0.3 is 9.73 Å². The van der Waals surface area contributed by atoms with Crippen LogP contribution in [0.15, 0.2) is 34.9 Å². The molecule has 108 valence electrons. The number of benzene rings is 1. The van der Waals surface area contributed by atoms with Crippen molar-refractivity contribution in [2.75, 3.05) is 7.05 Å². The SMILES string of the molecule is CNC(c1ccc(F)c(C(F)(F)F)c1)c1ccoc1C. The van der Waals surface area contributed by atoms with E-state index in [0.29, 0.717) is 16.9 Å². The minimum absolute atomic E-state index is 0.325. The Hall–Kier alpha value is -1.82. The Bertz CT molecular complexity index is 603. The van der Waals surface area contributed by atoms with E-state index in [1.165, 1.54) is 12.3 Å². The molecule has 0 spiro atoms. The highest BCUT2D eigenvalue weighted by molar-refractivity contribution is 5.36. The molecule has 6 heteroatoms. The van der Waals surface area contributed by atoms with Crippen LogP contribution in [0.25, 0.3) is 0 Å². The van der Waals surface area contributed by atoms with E-state index in [9.17, 15) is 17.6 Å². The van der Waals surface area contributed by atoms with Crippen LogP contribution < -0.4 is 5.32 Å². The van der Waals surface area contributed by atoms with Gasteiger partial charge in [0.2, 0.25) is 0 Å². The first kappa shape index (κ1) is 14.6. The third-order valence-corrected chi connectivity index (χ3v) is 3.13. The molecule has 1 atom stereocenters. The van der Waals surface area contributed by atoms with Crippen LogP contribution >= 0.6 is 0 Å². The van der Waals surface area contributed by atoms with Gasteiger partial charge >= 0.3 is 6.18 Å². The maximum atomic E-state index is 13.3. The molecule has 1 aromatic heterocycles. The number of hydrogen-bond donors (Lipinski definition) is 1. The molecule has 2 aromatic rings. The molecule has 1 heterocycles. The molecule has 1 N–H and O–H groups in total. The van der Waals surface area contributed by atoms with E-state index in [2.05, 4.69) is 5.32 Å². The van der Waals surface area contributed by atoms with Crippen molar-refractivity contribution in [1.29, 1.82) is 0 Å². The Morgan fingerprint density at radius 1 is 1.20 bits per heavy atom. The second-order valence-corrected chi connectivity index (χ2v) is 4.39. The highest BCUT2D eigenvalue weighted by atomic mass is 19.4. The monoisotopic (exact) mass is 287 g/mol. The fourth-order valence-electron chi connectivity index (χ4n) is 2.14. The first-order chi connectivity index (χ1) is 9.34. The molecule has 0 bridgehead atoms. The average Bonchev–Trinajstić information content (AvgIpc) is 2.77. The molecule has 0 aliphatic heterocycles. The molecule has 1 aromatic carbocycles. The average molecular weight is 287 g/mol. The van der Waals surface area contributed by atoms with Gasteiger partial charge in [-0.25, -0.2) is 4.39 Å². The molecule has 2 rings (SSSR count). The minimum Gasteiger partial charge on any atom is -0.469 e. The number of rotatable bonds is 3. The Morgan fingerprint density at radius 3 is 2.40 bits per heavy atom. The van der Waals surface area contributed by atoms with Crippen molar-refractivity contribution in [1.82, 2.24) is 5.32 Å². The van der Waals surface area contributed by atoms with Gasteiger partial charge in [0.05, 0.1) is 17.9 Å². The topological polar surface area (TPSA) is 25.2 Å². The highest BCUT2D eigenvalue weighted by Crippen LogP contribution is 2.34. The summed E-state index contributed by atoms with van der Waals surface area (Å²) in [7, 11) is 1.62. The molecule has 0 fully saturated rings. The van der Waals surface area contributed by atoms with E-state index in [0.717, 1.165) is 12.1 Å². The molecule has 0 saturated heterocycles. The van der Waals surface area contributed by atoms with E-state index in [-0.39, 0.29) is 0 Å². The molecule has 2 nitrogen and oxygen atoms in total. The lowest BCUT2D eigenvalue weighted by molar-refractivity contribution is -0.140. The summed E-state index contributed by atoms with van der Waals surface area (Å²) in [6, 6.07) is 4.17. The number of hydrogen-bond acceptors (Lipinski definition) is 2. The molecule has 0 aliphatic carbocycles. The molecule has 0 saturated carbocycles. The van der Waals surface area contributed by atoms with Gasteiger partial charge in [-0.3, -0.25) is 0 Å². The summed E-state index contributed by atoms with van der Waals surface area (Å²) in [5.41, 5.74) is -0.227. The Balaban J connectivity index is 2.49. The summed E-state index contributed by atoms with van der Waals surface area (Å²) in [5.74, 6) is -0.678. The standard InChI is InChI=1S/C14H13F4NO/c1-8-10(5-6-20-8)13(19-2)9-3-4-12(15)11(7-9)14(16,17)18/h3-7,13,19H,1-2H3. The maximum absolute atomic E-state index is 13.3. The van der Waals surface area contributed by atoms with Gasteiger partial charge in [0, 0.05) is 5.56 Å². The third kappa shape index (κ3) is 2.70. The normalized spacial score (nSPS) is 13.5. The van der Waals surface area contributed by atoms with Crippen molar-refractivity contribution >= 4 is 0 Å². The summed E-state index contributed by atoms with van der Waals surface area (Å²) >= 11 is 0. The highest BCUT2D eigenvalue weighted by Gasteiger charge is 2.34. The molecular formula is C14H13F4NO. The first-order valence-electron chi connectivity index (χ1n) is 5.92. The zero-order chi connectivity index (χ0) is 14.9. The van der Waals surface area contributed by atoms with Crippen LogP contribution in [-0.4, -0.2) is 7.05 Å². The van der Waals surface area contributed by atoms with E-state index < -0.39 is 23.6 Å². The fraction of sp³-hybridized carbons (Fsp3) is 0.286. The van der Waals surface area contributed by atoms with E-state index >= 15 is 0 Å². The van der Waals surface area contributed by atoms with Gasteiger partial charge in [0.25, 0.3) is 0 Å². The van der Waals surface area contributed by atoms with Gasteiger partial charge in [-0.05, 0) is 37.7 Å². The van der Waals surface area contributed by atoms with Gasteiger partial charge in [0.1, 0.15) is 11.6 Å². The maximum Gasteiger partial charge on any atom is 0.419 e.